The lowest BCUT2D eigenvalue weighted by Crippen LogP contribution is -2.13. The molecule has 4 heteroatoms. The van der Waals surface area contributed by atoms with E-state index >= 15 is 0 Å². The molecule has 0 bridgehead atoms. The van der Waals surface area contributed by atoms with Crippen LogP contribution in [0.5, 0.6) is 0 Å². The molecule has 0 N–H and O–H groups in total. The van der Waals surface area contributed by atoms with Crippen LogP contribution in [0.4, 0.5) is 0 Å². The Morgan fingerprint density at radius 1 is 1.05 bits per heavy atom. The van der Waals surface area contributed by atoms with Crippen molar-refractivity contribution >= 4 is 16.1 Å². The molecule has 0 radical (unpaired) electrons. The van der Waals surface area contributed by atoms with Gasteiger partial charge in [-0.3, -0.25) is 0 Å². The van der Waals surface area contributed by atoms with Crippen molar-refractivity contribution in [1.82, 2.24) is 4.31 Å². The maximum atomic E-state index is 12.4. The Hall–Kier alpha value is -1.91. The van der Waals surface area contributed by atoms with Crippen LogP contribution in [0.15, 0.2) is 65.6 Å². The fourth-order valence-corrected chi connectivity index (χ4v) is 3.73. The van der Waals surface area contributed by atoms with Gasteiger partial charge in [-0.1, -0.05) is 60.2 Å². The van der Waals surface area contributed by atoms with E-state index in [0.717, 1.165) is 11.1 Å². The van der Waals surface area contributed by atoms with Gasteiger partial charge in [0.25, 0.3) is 0 Å². The molecule has 2 unspecified atom stereocenters. The first kappa shape index (κ1) is 14.0. The smallest absolute Gasteiger partial charge is 0.207 e. The van der Waals surface area contributed by atoms with Crippen LogP contribution in [-0.2, 0) is 10.0 Å². The number of benzene rings is 2. The Morgan fingerprint density at radius 2 is 1.71 bits per heavy atom. The second-order valence-electron chi connectivity index (χ2n) is 5.22. The summed E-state index contributed by atoms with van der Waals surface area (Å²) in [6.45, 7) is 2.50. The Labute approximate surface area is 125 Å². The predicted octanol–water partition coefficient (Wildman–Crippen LogP) is 3.08. The Morgan fingerprint density at radius 3 is 2.38 bits per heavy atom. The van der Waals surface area contributed by atoms with Gasteiger partial charge in [-0.05, 0) is 24.6 Å². The highest BCUT2D eigenvalue weighted by Crippen LogP contribution is 2.29. The van der Waals surface area contributed by atoms with Gasteiger partial charge < -0.3 is 0 Å². The van der Waals surface area contributed by atoms with Crippen molar-refractivity contribution in [1.29, 1.82) is 0 Å². The lowest BCUT2D eigenvalue weighted by Gasteiger charge is -2.05. The summed E-state index contributed by atoms with van der Waals surface area (Å²) >= 11 is 0. The highest BCUT2D eigenvalue weighted by atomic mass is 32.2. The molecule has 2 aromatic rings. The summed E-state index contributed by atoms with van der Waals surface area (Å²) in [4.78, 5) is 0.365. The Kier molecular flexibility index (Phi) is 3.66. The van der Waals surface area contributed by atoms with Crippen LogP contribution in [0.3, 0.4) is 0 Å². The van der Waals surface area contributed by atoms with Gasteiger partial charge in [0, 0.05) is 6.54 Å². The molecular weight excluding hydrogens is 282 g/mol. The fraction of sp³-hybridized carbons (Fsp3) is 0.176. The maximum Gasteiger partial charge on any atom is 0.243 e. The zero-order chi connectivity index (χ0) is 14.9. The summed E-state index contributed by atoms with van der Waals surface area (Å²) in [5, 5.41) is 0. The fourth-order valence-electron chi connectivity index (χ4n) is 2.20. The van der Waals surface area contributed by atoms with Crippen molar-refractivity contribution in [3.63, 3.8) is 0 Å². The molecular formula is C17H17NO2S. The van der Waals surface area contributed by atoms with E-state index in [1.54, 1.807) is 12.1 Å². The minimum atomic E-state index is -3.35. The van der Waals surface area contributed by atoms with E-state index < -0.39 is 10.0 Å². The van der Waals surface area contributed by atoms with Gasteiger partial charge in [-0.2, -0.15) is 4.31 Å². The van der Waals surface area contributed by atoms with Gasteiger partial charge in [0.15, 0.2) is 0 Å². The average molecular weight is 299 g/mol. The predicted molar refractivity (Wildman–Crippen MR) is 84.3 cm³/mol. The van der Waals surface area contributed by atoms with E-state index in [1.165, 1.54) is 4.31 Å². The van der Waals surface area contributed by atoms with Gasteiger partial charge >= 0.3 is 0 Å². The molecule has 1 saturated heterocycles. The first-order chi connectivity index (χ1) is 10.1. The Bertz CT molecular complexity index is 749. The number of hydrogen-bond acceptors (Lipinski definition) is 2. The molecule has 21 heavy (non-hydrogen) atoms. The first-order valence-corrected chi connectivity index (χ1v) is 8.33. The van der Waals surface area contributed by atoms with Crippen molar-refractivity contribution in [3.05, 3.63) is 71.8 Å². The summed E-state index contributed by atoms with van der Waals surface area (Å²) < 4.78 is 26.4. The number of rotatable bonds is 4. The van der Waals surface area contributed by atoms with Crippen LogP contribution in [0.25, 0.3) is 6.08 Å². The van der Waals surface area contributed by atoms with Crippen molar-refractivity contribution in [2.45, 2.75) is 17.9 Å². The van der Waals surface area contributed by atoms with E-state index in [4.69, 9.17) is 0 Å². The van der Waals surface area contributed by atoms with E-state index in [1.807, 2.05) is 61.5 Å². The number of nitrogens with zero attached hydrogens (tertiary/aromatic N) is 1. The second-order valence-corrected chi connectivity index (χ2v) is 7.12. The molecule has 0 aromatic heterocycles. The summed E-state index contributed by atoms with van der Waals surface area (Å²) in [7, 11) is -3.35. The van der Waals surface area contributed by atoms with Crippen LogP contribution in [0, 0.1) is 6.92 Å². The van der Waals surface area contributed by atoms with Crippen LogP contribution in [-0.4, -0.2) is 25.3 Å². The van der Waals surface area contributed by atoms with Gasteiger partial charge in [-0.15, -0.1) is 0 Å². The topological polar surface area (TPSA) is 37.1 Å². The molecule has 1 aliphatic heterocycles. The monoisotopic (exact) mass is 299 g/mol. The molecule has 2 atom stereocenters. The van der Waals surface area contributed by atoms with Gasteiger partial charge in [0.2, 0.25) is 10.0 Å². The zero-order valence-electron chi connectivity index (χ0n) is 11.8. The minimum Gasteiger partial charge on any atom is -0.207 e. The second kappa shape index (κ2) is 5.47. The molecule has 0 aliphatic carbocycles. The molecule has 0 saturated carbocycles. The van der Waals surface area contributed by atoms with Crippen LogP contribution in [0.1, 0.15) is 11.1 Å². The van der Waals surface area contributed by atoms with Gasteiger partial charge in [0.1, 0.15) is 0 Å². The molecule has 0 spiro atoms. The number of aryl methyl sites for hydroxylation is 1. The van der Waals surface area contributed by atoms with Crippen LogP contribution < -0.4 is 0 Å². The SMILES string of the molecule is Cc1ccc(S(=O)(=O)N2CC2/C=C/c2ccccc2)cc1. The minimum absolute atomic E-state index is 0.0310. The molecule has 2 aromatic carbocycles. The van der Waals surface area contributed by atoms with Crippen molar-refractivity contribution in [2.75, 3.05) is 6.54 Å². The third kappa shape index (κ3) is 3.06. The third-order valence-electron chi connectivity index (χ3n) is 3.54. The lowest BCUT2D eigenvalue weighted by atomic mass is 10.2. The quantitative estimate of drug-likeness (QED) is 0.814. The highest BCUT2D eigenvalue weighted by Gasteiger charge is 2.42. The third-order valence-corrected chi connectivity index (χ3v) is 5.45. The van der Waals surface area contributed by atoms with Gasteiger partial charge in [-0.25, -0.2) is 8.42 Å². The molecule has 108 valence electrons. The van der Waals surface area contributed by atoms with E-state index in [-0.39, 0.29) is 6.04 Å². The molecule has 3 rings (SSSR count). The summed E-state index contributed by atoms with van der Waals surface area (Å²) in [5.41, 5.74) is 2.14. The highest BCUT2D eigenvalue weighted by molar-refractivity contribution is 7.89. The first-order valence-electron chi connectivity index (χ1n) is 6.89. The molecule has 1 aliphatic rings. The number of sulfonamides is 1. The molecule has 1 fully saturated rings. The standard InChI is InChI=1S/C17H17NO2S/c1-14-7-11-17(12-8-14)21(19,20)18-13-16(18)10-9-15-5-3-2-4-6-15/h2-12,16H,13H2,1H3/b10-9+. The normalized spacial score (nSPS) is 21.6. The lowest BCUT2D eigenvalue weighted by molar-refractivity contribution is 0.558. The van der Waals surface area contributed by atoms with E-state index in [0.29, 0.717) is 11.4 Å². The largest absolute Gasteiger partial charge is 0.243 e. The average Bonchev–Trinajstić information content (AvgIpc) is 3.27. The van der Waals surface area contributed by atoms with E-state index in [2.05, 4.69) is 0 Å². The molecule has 0 amide bonds. The Balaban J connectivity index is 1.72. The molecule has 3 nitrogen and oxygen atoms in total. The van der Waals surface area contributed by atoms with Crippen molar-refractivity contribution in [3.8, 4) is 0 Å². The van der Waals surface area contributed by atoms with Crippen LogP contribution in [0.2, 0.25) is 0 Å². The zero-order valence-corrected chi connectivity index (χ0v) is 12.6. The summed E-state index contributed by atoms with van der Waals surface area (Å²) in [6.07, 6.45) is 3.91. The number of hydrogen-bond donors (Lipinski definition) is 0. The summed E-state index contributed by atoms with van der Waals surface area (Å²) in [5.74, 6) is 0. The van der Waals surface area contributed by atoms with Crippen molar-refractivity contribution in [2.24, 2.45) is 0 Å². The van der Waals surface area contributed by atoms with Crippen LogP contribution >= 0.6 is 0 Å². The summed E-state index contributed by atoms with van der Waals surface area (Å²) in [6, 6.07) is 16.8. The van der Waals surface area contributed by atoms with Crippen molar-refractivity contribution < 1.29 is 8.42 Å². The maximum absolute atomic E-state index is 12.4. The van der Waals surface area contributed by atoms with E-state index in [9.17, 15) is 8.42 Å². The van der Waals surface area contributed by atoms with Gasteiger partial charge in [0.05, 0.1) is 10.9 Å². The molecule has 1 heterocycles.